The molecule has 1 aliphatic rings. The average molecular weight is 342 g/mol. The molecule has 0 bridgehead atoms. The largest absolute Gasteiger partial charge is 0.331 e. The fraction of sp³-hybridized carbons (Fsp3) is 0.632. The number of hydrogen-bond acceptors (Lipinski definition) is 5. The summed E-state index contributed by atoms with van der Waals surface area (Å²) in [5, 5.41) is 0. The molecular formula is C19H30N6. The third-order valence-corrected chi connectivity index (χ3v) is 4.83. The maximum absolute atomic E-state index is 4.84. The molecule has 0 radical (unpaired) electrons. The van der Waals surface area contributed by atoms with Crippen LogP contribution < -0.4 is 0 Å². The van der Waals surface area contributed by atoms with Gasteiger partial charge in [0.1, 0.15) is 11.6 Å². The zero-order chi connectivity index (χ0) is 18.0. The predicted molar refractivity (Wildman–Crippen MR) is 99.2 cm³/mol. The van der Waals surface area contributed by atoms with Gasteiger partial charge in [-0.15, -0.1) is 0 Å². The molecule has 1 saturated heterocycles. The van der Waals surface area contributed by atoms with Crippen molar-refractivity contribution in [1.29, 1.82) is 0 Å². The van der Waals surface area contributed by atoms with Gasteiger partial charge in [-0.1, -0.05) is 0 Å². The van der Waals surface area contributed by atoms with Gasteiger partial charge in [-0.3, -0.25) is 4.90 Å². The summed E-state index contributed by atoms with van der Waals surface area (Å²) in [6.45, 7) is 9.24. The zero-order valence-electron chi connectivity index (χ0n) is 16.1. The Morgan fingerprint density at radius 2 is 2.08 bits per heavy atom. The SMILES string of the molecule is Cc1ncc(CN(C)C)c([C@@H]2CCCN2Cc2nccn2C(C)C)n1. The molecule has 3 rings (SSSR count). The molecule has 6 heteroatoms. The first-order valence-corrected chi connectivity index (χ1v) is 9.18. The highest BCUT2D eigenvalue weighted by molar-refractivity contribution is 5.22. The Labute approximate surface area is 150 Å². The molecule has 25 heavy (non-hydrogen) atoms. The van der Waals surface area contributed by atoms with Crippen molar-refractivity contribution in [2.75, 3.05) is 20.6 Å². The van der Waals surface area contributed by atoms with E-state index in [1.54, 1.807) is 0 Å². The summed E-state index contributed by atoms with van der Waals surface area (Å²) in [5.74, 6) is 2.00. The van der Waals surface area contributed by atoms with Crippen LogP contribution in [0.4, 0.5) is 0 Å². The van der Waals surface area contributed by atoms with Crippen LogP contribution >= 0.6 is 0 Å². The van der Waals surface area contributed by atoms with Gasteiger partial charge in [-0.05, 0) is 54.3 Å². The quantitative estimate of drug-likeness (QED) is 0.808. The summed E-state index contributed by atoms with van der Waals surface area (Å²) in [4.78, 5) is 18.6. The lowest BCUT2D eigenvalue weighted by molar-refractivity contribution is 0.230. The minimum absolute atomic E-state index is 0.356. The second-order valence-electron chi connectivity index (χ2n) is 7.54. The summed E-state index contributed by atoms with van der Waals surface area (Å²) in [6, 6.07) is 0.790. The van der Waals surface area contributed by atoms with Crippen LogP contribution in [-0.4, -0.2) is 50.0 Å². The van der Waals surface area contributed by atoms with Crippen LogP contribution in [0, 0.1) is 6.92 Å². The Kier molecular flexibility index (Phi) is 5.49. The van der Waals surface area contributed by atoms with Crippen LogP contribution in [0.15, 0.2) is 18.6 Å². The van der Waals surface area contributed by atoms with Crippen molar-refractivity contribution in [3.8, 4) is 0 Å². The first-order valence-electron chi connectivity index (χ1n) is 9.18. The Morgan fingerprint density at radius 1 is 1.28 bits per heavy atom. The Balaban J connectivity index is 1.86. The van der Waals surface area contributed by atoms with Gasteiger partial charge in [-0.25, -0.2) is 15.0 Å². The highest BCUT2D eigenvalue weighted by Gasteiger charge is 2.30. The maximum Gasteiger partial charge on any atom is 0.125 e. The zero-order valence-corrected chi connectivity index (χ0v) is 16.1. The Bertz CT molecular complexity index is 706. The van der Waals surface area contributed by atoms with Gasteiger partial charge in [0.05, 0.1) is 18.3 Å². The summed E-state index contributed by atoms with van der Waals surface area (Å²) in [7, 11) is 4.19. The number of aryl methyl sites for hydroxylation is 1. The lowest BCUT2D eigenvalue weighted by Crippen LogP contribution is -2.27. The van der Waals surface area contributed by atoms with Gasteiger partial charge in [0.2, 0.25) is 0 Å². The third-order valence-electron chi connectivity index (χ3n) is 4.83. The van der Waals surface area contributed by atoms with Crippen LogP contribution in [0.5, 0.6) is 0 Å². The molecule has 1 aliphatic heterocycles. The van der Waals surface area contributed by atoms with Crippen molar-refractivity contribution >= 4 is 0 Å². The van der Waals surface area contributed by atoms with E-state index in [1.165, 1.54) is 17.7 Å². The second kappa shape index (κ2) is 7.62. The molecule has 0 unspecified atom stereocenters. The maximum atomic E-state index is 4.84. The molecule has 0 aromatic carbocycles. The summed E-state index contributed by atoms with van der Waals surface area (Å²) >= 11 is 0. The van der Waals surface area contributed by atoms with E-state index in [0.29, 0.717) is 12.1 Å². The van der Waals surface area contributed by atoms with Gasteiger partial charge in [-0.2, -0.15) is 0 Å². The van der Waals surface area contributed by atoms with Crippen molar-refractivity contribution in [2.24, 2.45) is 0 Å². The van der Waals surface area contributed by atoms with E-state index in [1.807, 2.05) is 19.3 Å². The molecule has 2 aromatic heterocycles. The monoisotopic (exact) mass is 342 g/mol. The Hall–Kier alpha value is -1.79. The molecule has 0 spiro atoms. The minimum Gasteiger partial charge on any atom is -0.331 e. The molecule has 3 heterocycles. The van der Waals surface area contributed by atoms with Crippen LogP contribution in [0.1, 0.15) is 61.7 Å². The number of hydrogen-bond donors (Lipinski definition) is 0. The average Bonchev–Trinajstić information content (AvgIpc) is 3.18. The van der Waals surface area contributed by atoms with E-state index in [9.17, 15) is 0 Å². The van der Waals surface area contributed by atoms with E-state index in [0.717, 1.165) is 37.7 Å². The van der Waals surface area contributed by atoms with Crippen LogP contribution in [0.25, 0.3) is 0 Å². The first kappa shape index (κ1) is 18.0. The van der Waals surface area contributed by atoms with Gasteiger partial charge in [0, 0.05) is 36.7 Å². The molecular weight excluding hydrogens is 312 g/mol. The van der Waals surface area contributed by atoms with E-state index in [4.69, 9.17) is 4.98 Å². The van der Waals surface area contributed by atoms with E-state index < -0.39 is 0 Å². The van der Waals surface area contributed by atoms with Crippen LogP contribution in [-0.2, 0) is 13.1 Å². The summed E-state index contributed by atoms with van der Waals surface area (Å²) in [6.07, 6.45) is 8.35. The van der Waals surface area contributed by atoms with Gasteiger partial charge in [0.15, 0.2) is 0 Å². The lowest BCUT2D eigenvalue weighted by atomic mass is 10.1. The van der Waals surface area contributed by atoms with Crippen molar-refractivity contribution in [3.05, 3.63) is 41.5 Å². The number of likely N-dealkylation sites (tertiary alicyclic amines) is 1. The smallest absolute Gasteiger partial charge is 0.125 e. The number of imidazole rings is 1. The van der Waals surface area contributed by atoms with E-state index in [2.05, 4.69) is 58.5 Å². The van der Waals surface area contributed by atoms with Crippen LogP contribution in [0.3, 0.4) is 0 Å². The molecule has 1 fully saturated rings. The third kappa shape index (κ3) is 4.07. The fourth-order valence-electron chi connectivity index (χ4n) is 3.71. The number of aromatic nitrogens is 4. The normalized spacial score (nSPS) is 18.6. The summed E-state index contributed by atoms with van der Waals surface area (Å²) < 4.78 is 2.27. The van der Waals surface area contributed by atoms with Gasteiger partial charge >= 0.3 is 0 Å². The molecule has 0 N–H and O–H groups in total. The fourth-order valence-corrected chi connectivity index (χ4v) is 3.71. The molecule has 136 valence electrons. The van der Waals surface area contributed by atoms with E-state index >= 15 is 0 Å². The highest BCUT2D eigenvalue weighted by atomic mass is 15.2. The number of nitrogens with zero attached hydrogens (tertiary/aromatic N) is 6. The topological polar surface area (TPSA) is 50.1 Å². The minimum atomic E-state index is 0.356. The molecule has 0 saturated carbocycles. The van der Waals surface area contributed by atoms with Gasteiger partial charge < -0.3 is 9.47 Å². The molecule has 0 amide bonds. The standard InChI is InChI=1S/C19H30N6/c1-14(2)25-10-8-20-18(25)13-24-9-6-7-17(24)19-16(12-23(4)5)11-21-15(3)22-19/h8,10-11,14,17H,6-7,9,12-13H2,1-5H3/t17-/m0/s1. The van der Waals surface area contributed by atoms with Crippen molar-refractivity contribution in [2.45, 2.75) is 58.8 Å². The van der Waals surface area contributed by atoms with E-state index in [-0.39, 0.29) is 0 Å². The van der Waals surface area contributed by atoms with Crippen LogP contribution in [0.2, 0.25) is 0 Å². The Morgan fingerprint density at radius 3 is 2.80 bits per heavy atom. The predicted octanol–water partition coefficient (Wildman–Crippen LogP) is 2.96. The number of rotatable bonds is 6. The first-order chi connectivity index (χ1) is 12.0. The highest BCUT2D eigenvalue weighted by Crippen LogP contribution is 2.34. The molecule has 6 nitrogen and oxygen atoms in total. The van der Waals surface area contributed by atoms with Gasteiger partial charge in [0.25, 0.3) is 0 Å². The second-order valence-corrected chi connectivity index (χ2v) is 7.54. The molecule has 2 aromatic rings. The lowest BCUT2D eigenvalue weighted by Gasteiger charge is -2.27. The summed E-state index contributed by atoms with van der Waals surface area (Å²) in [5.41, 5.74) is 2.43. The van der Waals surface area contributed by atoms with Crippen molar-refractivity contribution in [1.82, 2.24) is 29.3 Å². The molecule has 1 atom stereocenters. The molecule has 0 aliphatic carbocycles. The van der Waals surface area contributed by atoms with Crippen molar-refractivity contribution in [3.63, 3.8) is 0 Å². The van der Waals surface area contributed by atoms with Crippen molar-refractivity contribution < 1.29 is 0 Å².